The summed E-state index contributed by atoms with van der Waals surface area (Å²) in [6, 6.07) is 30.7. The fourth-order valence-corrected chi connectivity index (χ4v) is 4.44. The first kappa shape index (κ1) is 17.6. The van der Waals surface area contributed by atoms with Crippen molar-refractivity contribution in [3.63, 3.8) is 0 Å². The van der Waals surface area contributed by atoms with Gasteiger partial charge in [0.05, 0.1) is 18.3 Å². The van der Waals surface area contributed by atoms with E-state index >= 15 is 0 Å². The molecule has 0 aliphatic heterocycles. The topological polar surface area (TPSA) is 34.9 Å². The lowest BCUT2D eigenvalue weighted by molar-refractivity contribution is 0.749. The molecule has 0 unspecified atom stereocenters. The van der Waals surface area contributed by atoms with Crippen molar-refractivity contribution in [2.45, 2.75) is 6.54 Å². The molecule has 4 heteroatoms. The molecule has 5 aromatic rings. The van der Waals surface area contributed by atoms with Crippen LogP contribution in [0.4, 0.5) is 0 Å². The maximum absolute atomic E-state index is 13.0. The average molecular weight is 394 g/mol. The van der Waals surface area contributed by atoms with Crippen LogP contribution in [0, 0.1) is 0 Å². The van der Waals surface area contributed by atoms with E-state index in [4.69, 9.17) is 0 Å². The van der Waals surface area contributed by atoms with E-state index in [1.54, 1.807) is 22.2 Å². The second-order valence-corrected chi connectivity index (χ2v) is 7.97. The van der Waals surface area contributed by atoms with Crippen LogP contribution in [0.1, 0.15) is 5.56 Å². The molecule has 3 nitrogen and oxygen atoms in total. The van der Waals surface area contributed by atoms with E-state index in [0.29, 0.717) is 11.9 Å². The van der Waals surface area contributed by atoms with Gasteiger partial charge in [0.25, 0.3) is 5.56 Å². The maximum atomic E-state index is 13.0. The summed E-state index contributed by atoms with van der Waals surface area (Å²) in [6.07, 6.45) is 1.65. The van der Waals surface area contributed by atoms with Crippen LogP contribution in [0.3, 0.4) is 0 Å². The summed E-state index contributed by atoms with van der Waals surface area (Å²) < 4.78 is 1.68. The standard InChI is InChI=1S/C25H18N2OS/c28-25-22-15-23(21-9-5-2-6-10-21)29-24(22)26-17-27(25)16-18-11-13-20(14-12-18)19-7-3-1-4-8-19/h1-15,17H,16H2. The molecular weight excluding hydrogens is 376 g/mol. The predicted octanol–water partition coefficient (Wildman–Crippen LogP) is 5.84. The molecule has 0 radical (unpaired) electrons. The zero-order chi connectivity index (χ0) is 19.6. The Labute approximate surface area is 172 Å². The fraction of sp³-hybridized carbons (Fsp3) is 0.0400. The largest absolute Gasteiger partial charge is 0.294 e. The van der Waals surface area contributed by atoms with Crippen LogP contribution in [-0.2, 0) is 6.54 Å². The number of rotatable bonds is 4. The SMILES string of the molecule is O=c1c2cc(-c3ccccc3)sc2ncn1Cc1ccc(-c2ccccc2)cc1. The lowest BCUT2D eigenvalue weighted by Gasteiger charge is -2.07. The Morgan fingerprint density at radius 3 is 2.07 bits per heavy atom. The monoisotopic (exact) mass is 394 g/mol. The van der Waals surface area contributed by atoms with Gasteiger partial charge in [-0.2, -0.15) is 0 Å². The van der Waals surface area contributed by atoms with Crippen LogP contribution >= 0.6 is 11.3 Å². The third kappa shape index (κ3) is 3.50. The van der Waals surface area contributed by atoms with Gasteiger partial charge in [-0.1, -0.05) is 84.9 Å². The van der Waals surface area contributed by atoms with Crippen molar-refractivity contribution in [2.75, 3.05) is 0 Å². The first-order valence-corrected chi connectivity index (χ1v) is 10.3. The van der Waals surface area contributed by atoms with Crippen LogP contribution in [0.2, 0.25) is 0 Å². The van der Waals surface area contributed by atoms with Crippen LogP contribution < -0.4 is 5.56 Å². The van der Waals surface area contributed by atoms with E-state index in [9.17, 15) is 4.79 Å². The Morgan fingerprint density at radius 2 is 1.38 bits per heavy atom. The van der Waals surface area contributed by atoms with E-state index in [0.717, 1.165) is 20.8 Å². The summed E-state index contributed by atoms with van der Waals surface area (Å²) in [7, 11) is 0. The minimum Gasteiger partial charge on any atom is -0.294 e. The molecule has 29 heavy (non-hydrogen) atoms. The first-order chi connectivity index (χ1) is 14.3. The number of aromatic nitrogens is 2. The molecule has 140 valence electrons. The molecule has 2 heterocycles. The van der Waals surface area contributed by atoms with Crippen LogP contribution in [0.25, 0.3) is 31.8 Å². The van der Waals surface area contributed by atoms with Gasteiger partial charge in [-0.15, -0.1) is 11.3 Å². The van der Waals surface area contributed by atoms with Gasteiger partial charge in [0.1, 0.15) is 4.83 Å². The molecule has 0 fully saturated rings. The van der Waals surface area contributed by atoms with E-state index in [2.05, 4.69) is 53.5 Å². The normalized spacial score (nSPS) is 11.0. The third-order valence-electron chi connectivity index (χ3n) is 4.99. The number of benzene rings is 3. The quantitative estimate of drug-likeness (QED) is 0.384. The fourth-order valence-electron chi connectivity index (χ4n) is 3.45. The van der Waals surface area contributed by atoms with Crippen LogP contribution in [0.15, 0.2) is 102 Å². The zero-order valence-electron chi connectivity index (χ0n) is 15.7. The summed E-state index contributed by atoms with van der Waals surface area (Å²) in [5.41, 5.74) is 4.54. The molecule has 0 atom stereocenters. The van der Waals surface area contributed by atoms with Gasteiger partial charge >= 0.3 is 0 Å². The second kappa shape index (κ2) is 7.49. The van der Waals surface area contributed by atoms with Crippen LogP contribution in [0.5, 0.6) is 0 Å². The molecule has 0 N–H and O–H groups in total. The first-order valence-electron chi connectivity index (χ1n) is 9.47. The Hall–Kier alpha value is -3.50. The van der Waals surface area contributed by atoms with E-state index in [-0.39, 0.29) is 5.56 Å². The second-order valence-electron chi connectivity index (χ2n) is 6.94. The molecular formula is C25H18N2OS. The molecule has 0 aliphatic rings. The summed E-state index contributed by atoms with van der Waals surface area (Å²) in [4.78, 5) is 19.4. The Kier molecular flexibility index (Phi) is 4.54. The lowest BCUT2D eigenvalue weighted by atomic mass is 10.0. The van der Waals surface area contributed by atoms with Crippen molar-refractivity contribution in [1.29, 1.82) is 0 Å². The molecule has 0 spiro atoms. The highest BCUT2D eigenvalue weighted by Gasteiger charge is 2.10. The highest BCUT2D eigenvalue weighted by molar-refractivity contribution is 7.21. The van der Waals surface area contributed by atoms with Gasteiger partial charge in [0.15, 0.2) is 0 Å². The smallest absolute Gasteiger partial charge is 0.262 e. The molecule has 5 rings (SSSR count). The Balaban J connectivity index is 1.45. The van der Waals surface area contributed by atoms with Crippen molar-refractivity contribution >= 4 is 21.6 Å². The summed E-state index contributed by atoms with van der Waals surface area (Å²) in [6.45, 7) is 0.507. The van der Waals surface area contributed by atoms with E-state index < -0.39 is 0 Å². The number of hydrogen-bond acceptors (Lipinski definition) is 3. The van der Waals surface area contributed by atoms with Crippen molar-refractivity contribution in [3.05, 3.63) is 113 Å². The highest BCUT2D eigenvalue weighted by Crippen LogP contribution is 2.30. The zero-order valence-corrected chi connectivity index (χ0v) is 16.5. The molecule has 2 aromatic heterocycles. The predicted molar refractivity (Wildman–Crippen MR) is 120 cm³/mol. The molecule has 0 bridgehead atoms. The number of fused-ring (bicyclic) bond motifs is 1. The lowest BCUT2D eigenvalue weighted by Crippen LogP contribution is -2.20. The molecule has 0 saturated carbocycles. The van der Waals surface area contributed by atoms with Gasteiger partial charge in [-0.25, -0.2) is 4.98 Å². The van der Waals surface area contributed by atoms with Gasteiger partial charge in [-0.3, -0.25) is 9.36 Å². The Morgan fingerprint density at radius 1 is 0.759 bits per heavy atom. The Bertz CT molecular complexity index is 1320. The van der Waals surface area contributed by atoms with Crippen molar-refractivity contribution < 1.29 is 0 Å². The number of hydrogen-bond donors (Lipinski definition) is 0. The van der Waals surface area contributed by atoms with E-state index in [1.165, 1.54) is 11.1 Å². The van der Waals surface area contributed by atoms with Gasteiger partial charge in [-0.05, 0) is 28.3 Å². The number of nitrogens with zero attached hydrogens (tertiary/aromatic N) is 2. The molecule has 0 amide bonds. The van der Waals surface area contributed by atoms with Crippen molar-refractivity contribution in [1.82, 2.24) is 9.55 Å². The molecule has 0 aliphatic carbocycles. The minimum absolute atomic E-state index is 0.000525. The van der Waals surface area contributed by atoms with Crippen molar-refractivity contribution in [3.8, 4) is 21.6 Å². The minimum atomic E-state index is 0.000525. The number of thiophene rings is 1. The van der Waals surface area contributed by atoms with Crippen molar-refractivity contribution in [2.24, 2.45) is 0 Å². The average Bonchev–Trinajstić information content (AvgIpc) is 3.23. The maximum Gasteiger partial charge on any atom is 0.262 e. The molecule has 0 saturated heterocycles. The third-order valence-corrected chi connectivity index (χ3v) is 6.08. The summed E-state index contributed by atoms with van der Waals surface area (Å²) in [5.74, 6) is 0. The highest BCUT2D eigenvalue weighted by atomic mass is 32.1. The summed E-state index contributed by atoms with van der Waals surface area (Å²) in [5, 5.41) is 0.678. The van der Waals surface area contributed by atoms with E-state index in [1.807, 2.05) is 42.5 Å². The summed E-state index contributed by atoms with van der Waals surface area (Å²) >= 11 is 1.55. The van der Waals surface area contributed by atoms with Gasteiger partial charge in [0.2, 0.25) is 0 Å². The van der Waals surface area contributed by atoms with Gasteiger partial charge in [0, 0.05) is 4.88 Å². The van der Waals surface area contributed by atoms with Gasteiger partial charge < -0.3 is 0 Å². The van der Waals surface area contributed by atoms with Crippen LogP contribution in [-0.4, -0.2) is 9.55 Å². The molecule has 3 aromatic carbocycles.